The zero-order chi connectivity index (χ0) is 32.5. The van der Waals surface area contributed by atoms with Crippen LogP contribution < -0.4 is 15.4 Å². The van der Waals surface area contributed by atoms with Gasteiger partial charge in [0.05, 0.1) is 25.4 Å². The van der Waals surface area contributed by atoms with Crippen molar-refractivity contribution >= 4 is 11.8 Å². The molecule has 4 N–H and O–H groups in total. The van der Waals surface area contributed by atoms with Crippen molar-refractivity contribution in [2.75, 3.05) is 20.2 Å². The second kappa shape index (κ2) is 15.4. The van der Waals surface area contributed by atoms with E-state index in [1.807, 2.05) is 0 Å². The number of hydrogen-bond acceptors (Lipinski definition) is 7. The van der Waals surface area contributed by atoms with Gasteiger partial charge >= 0.3 is 5.97 Å². The molecule has 5 rings (SSSR count). The predicted octanol–water partition coefficient (Wildman–Crippen LogP) is 6.22. The molecule has 0 amide bonds. The largest absolute Gasteiger partial charge is 0.504 e. The van der Waals surface area contributed by atoms with Crippen molar-refractivity contribution in [1.29, 1.82) is 0 Å². The number of aromatic hydroxyl groups is 1. The van der Waals surface area contributed by atoms with Gasteiger partial charge in [-0.1, -0.05) is 50.2 Å². The molecule has 46 heavy (non-hydrogen) atoms. The summed E-state index contributed by atoms with van der Waals surface area (Å²) in [6, 6.07) is 5.09. The first-order valence-corrected chi connectivity index (χ1v) is 16.9. The Kier molecular flexibility index (Phi) is 11.2. The first-order valence-electron chi connectivity index (χ1n) is 16.9. The van der Waals surface area contributed by atoms with Crippen LogP contribution in [0.4, 0.5) is 0 Å². The number of phenols is 1. The number of ether oxygens (including phenoxy) is 2. The molecule has 3 aliphatic rings. The number of Topliss-reactive ketones (excluding diaryl/α,β-unsaturated/α-hetero) is 1. The van der Waals surface area contributed by atoms with E-state index in [4.69, 9.17) is 9.47 Å². The van der Waals surface area contributed by atoms with Gasteiger partial charge in [-0.3, -0.25) is 9.59 Å². The van der Waals surface area contributed by atoms with Crippen molar-refractivity contribution < 1.29 is 24.2 Å². The van der Waals surface area contributed by atoms with E-state index < -0.39 is 12.0 Å². The van der Waals surface area contributed by atoms with Crippen LogP contribution in [0.5, 0.6) is 11.5 Å². The quantitative estimate of drug-likeness (QED) is 0.235. The second-order valence-corrected chi connectivity index (χ2v) is 13.2. The molecule has 3 atom stereocenters. The Hall–Kier alpha value is -4.12. The normalized spacial score (nSPS) is 23.8. The van der Waals surface area contributed by atoms with E-state index in [0.717, 1.165) is 43.6 Å². The number of methoxy groups -OCH3 is 1. The van der Waals surface area contributed by atoms with Crippen LogP contribution >= 0.6 is 0 Å². The molecule has 0 radical (unpaired) electrons. The number of phenolic OH excluding ortho intramolecular Hbond substituents is 1. The van der Waals surface area contributed by atoms with Crippen LogP contribution in [0, 0.1) is 23.2 Å². The molecule has 8 nitrogen and oxygen atoms in total. The third-order valence-electron chi connectivity index (χ3n) is 10.00. The molecule has 1 spiro atoms. The third-order valence-corrected chi connectivity index (χ3v) is 10.00. The lowest BCUT2D eigenvalue weighted by molar-refractivity contribution is -0.148. The van der Waals surface area contributed by atoms with E-state index >= 15 is 0 Å². The molecule has 8 heteroatoms. The van der Waals surface area contributed by atoms with Crippen LogP contribution in [-0.4, -0.2) is 48.1 Å². The number of H-pyrrole nitrogens is 1. The number of aromatic amines is 1. The Labute approximate surface area is 273 Å². The molecule has 0 unspecified atom stereocenters. The smallest absolute Gasteiger partial charge is 0.302 e. The topological polar surface area (TPSA) is 113 Å². The molecule has 0 saturated heterocycles. The van der Waals surface area contributed by atoms with E-state index in [1.54, 1.807) is 18.2 Å². The maximum absolute atomic E-state index is 13.5. The summed E-state index contributed by atoms with van der Waals surface area (Å²) in [6.45, 7) is 4.81. The lowest BCUT2D eigenvalue weighted by Gasteiger charge is -2.34. The first-order chi connectivity index (χ1) is 22.3. The minimum atomic E-state index is -0.481. The SMILES string of the molecule is CC[C@H]1CC[C@@H](OC(C)=O)CC(=O)C[C@H](c2ccc(O)c(OC)c2)C#CCNC2=CC(=CCN2)C2(CCCC2)Cc2c[nH]cc2C1. The monoisotopic (exact) mass is 627 g/mol. The van der Waals surface area contributed by atoms with Gasteiger partial charge in [0.2, 0.25) is 0 Å². The average molecular weight is 628 g/mol. The molecule has 1 aromatic carbocycles. The summed E-state index contributed by atoms with van der Waals surface area (Å²) in [5, 5.41) is 17.1. The Morgan fingerprint density at radius 3 is 2.65 bits per heavy atom. The van der Waals surface area contributed by atoms with E-state index in [9.17, 15) is 14.7 Å². The zero-order valence-electron chi connectivity index (χ0n) is 27.5. The number of benzene rings is 1. The van der Waals surface area contributed by atoms with Gasteiger partial charge in [-0.25, -0.2) is 0 Å². The number of nitrogens with one attached hydrogen (secondary N) is 3. The van der Waals surface area contributed by atoms with Crippen LogP contribution in [0.2, 0.25) is 0 Å². The molecule has 2 bridgehead atoms. The van der Waals surface area contributed by atoms with Crippen molar-refractivity contribution in [1.82, 2.24) is 15.6 Å². The fraction of sp³-hybridized carbons (Fsp3) is 0.526. The minimum Gasteiger partial charge on any atom is -0.504 e. The maximum Gasteiger partial charge on any atom is 0.302 e. The third kappa shape index (κ3) is 8.37. The molecule has 1 aromatic heterocycles. The number of carbonyl (C=O) groups excluding carboxylic acids is 2. The Balaban J connectivity index is 1.47. The van der Waals surface area contributed by atoms with Crippen LogP contribution in [0.25, 0.3) is 0 Å². The number of dihydropyridines is 1. The summed E-state index contributed by atoms with van der Waals surface area (Å²) in [4.78, 5) is 29.0. The molecule has 1 aliphatic carbocycles. The number of aromatic nitrogens is 1. The summed E-state index contributed by atoms with van der Waals surface area (Å²) >= 11 is 0. The lowest BCUT2D eigenvalue weighted by atomic mass is 9.72. The molecular formula is C38H49N3O5. The van der Waals surface area contributed by atoms with Gasteiger partial charge in [-0.2, -0.15) is 0 Å². The van der Waals surface area contributed by atoms with Crippen molar-refractivity contribution in [3.8, 4) is 23.3 Å². The average Bonchev–Trinajstić information content (AvgIpc) is 3.70. The lowest BCUT2D eigenvalue weighted by Crippen LogP contribution is -2.33. The highest BCUT2D eigenvalue weighted by atomic mass is 16.5. The highest BCUT2D eigenvalue weighted by molar-refractivity contribution is 5.80. The highest BCUT2D eigenvalue weighted by Crippen LogP contribution is 2.48. The summed E-state index contributed by atoms with van der Waals surface area (Å²) in [5.74, 6) is 7.51. The van der Waals surface area contributed by atoms with Gasteiger partial charge in [0.1, 0.15) is 11.9 Å². The van der Waals surface area contributed by atoms with E-state index in [0.29, 0.717) is 24.6 Å². The summed E-state index contributed by atoms with van der Waals surface area (Å²) < 4.78 is 11.0. The number of allylic oxidation sites excluding steroid dienone is 2. The zero-order valence-corrected chi connectivity index (χ0v) is 27.5. The number of carbonyl (C=O) groups is 2. The van der Waals surface area contributed by atoms with Crippen molar-refractivity contribution in [3.63, 3.8) is 0 Å². The molecule has 1 fully saturated rings. The number of ketones is 1. The summed E-state index contributed by atoms with van der Waals surface area (Å²) in [5.41, 5.74) is 5.07. The highest BCUT2D eigenvalue weighted by Gasteiger charge is 2.38. The van der Waals surface area contributed by atoms with Crippen LogP contribution in [0.1, 0.15) is 94.2 Å². The van der Waals surface area contributed by atoms with Gasteiger partial charge in [-0.05, 0) is 90.3 Å². The number of hydrogen-bond donors (Lipinski definition) is 4. The van der Waals surface area contributed by atoms with Crippen LogP contribution in [0.15, 0.2) is 54.1 Å². The fourth-order valence-corrected chi connectivity index (χ4v) is 7.45. The van der Waals surface area contributed by atoms with Gasteiger partial charge in [-0.15, -0.1) is 0 Å². The predicted molar refractivity (Wildman–Crippen MR) is 179 cm³/mol. The Bertz CT molecular complexity index is 1500. The van der Waals surface area contributed by atoms with E-state index in [2.05, 4.69) is 58.9 Å². The van der Waals surface area contributed by atoms with Gasteiger partial charge in [0.15, 0.2) is 11.5 Å². The standard InChI is InChI=1S/C38H49N3O5/c1-4-27-9-11-34(46-26(2)42)22-33(43)19-28(29-10-12-35(44)36(20-29)45-3)8-7-16-40-37-21-32(13-17-41-37)38(14-5-6-15-38)23-31-25-39-24-30(31)18-27/h10,12-13,20-21,24-25,27-28,34,39-41,44H,4-6,9,11,14-19,22-23H2,1-3H3/t27-,28+,34+/m0/s1. The second-order valence-electron chi connectivity index (χ2n) is 13.2. The van der Waals surface area contributed by atoms with Crippen molar-refractivity contribution in [2.24, 2.45) is 11.3 Å². The number of rotatable bonds is 4. The molecule has 1 saturated carbocycles. The molecular weight excluding hydrogens is 578 g/mol. The Morgan fingerprint density at radius 2 is 1.89 bits per heavy atom. The van der Waals surface area contributed by atoms with Gasteiger partial charge < -0.3 is 30.2 Å². The van der Waals surface area contributed by atoms with Crippen LogP contribution in [-0.2, 0) is 27.2 Å². The molecule has 2 aliphatic heterocycles. The number of fused-ring (bicyclic) bond motifs is 3. The van der Waals surface area contributed by atoms with Gasteiger partial charge in [0, 0.05) is 38.7 Å². The summed E-state index contributed by atoms with van der Waals surface area (Å²) in [7, 11) is 1.50. The first kappa shape index (κ1) is 33.2. The van der Waals surface area contributed by atoms with Crippen molar-refractivity contribution in [2.45, 2.75) is 96.5 Å². The Morgan fingerprint density at radius 1 is 1.09 bits per heavy atom. The maximum atomic E-state index is 13.5. The van der Waals surface area contributed by atoms with E-state index in [-0.39, 0.29) is 35.8 Å². The number of esters is 1. The van der Waals surface area contributed by atoms with E-state index in [1.165, 1.54) is 56.4 Å². The minimum absolute atomic E-state index is 0.0192. The fourth-order valence-electron chi connectivity index (χ4n) is 7.45. The summed E-state index contributed by atoms with van der Waals surface area (Å²) in [6.07, 6.45) is 18.1. The molecule has 2 aromatic rings. The van der Waals surface area contributed by atoms with Crippen LogP contribution in [0.3, 0.4) is 0 Å². The molecule has 3 heterocycles. The van der Waals surface area contributed by atoms with Gasteiger partial charge in [0.25, 0.3) is 0 Å². The van der Waals surface area contributed by atoms with Crippen molar-refractivity contribution in [3.05, 3.63) is 70.8 Å². The molecule has 246 valence electrons.